The number of benzene rings is 2. The third kappa shape index (κ3) is 6.18. The lowest BCUT2D eigenvalue weighted by Crippen LogP contribution is -2.42. The number of aromatic nitrogens is 3. The molecule has 0 bridgehead atoms. The number of pyridine rings is 1. The van der Waals surface area contributed by atoms with Gasteiger partial charge in [-0.25, -0.2) is 18.9 Å². The van der Waals surface area contributed by atoms with Gasteiger partial charge < -0.3 is 24.6 Å². The second kappa shape index (κ2) is 12.0. The Balaban J connectivity index is 1.54. The molecule has 1 amide bonds. The minimum atomic E-state index is -0.571. The van der Waals surface area contributed by atoms with Crippen molar-refractivity contribution >= 4 is 22.9 Å². The van der Waals surface area contributed by atoms with Crippen molar-refractivity contribution in [2.45, 2.75) is 51.9 Å². The smallest absolute Gasteiger partial charge is 0.410 e. The summed E-state index contributed by atoms with van der Waals surface area (Å²) in [6.07, 6.45) is 2.17. The number of nitrogens with one attached hydrogen (secondary N) is 1. The number of halogens is 1. The highest BCUT2D eigenvalue weighted by Crippen LogP contribution is 2.37. The molecule has 0 spiro atoms. The number of fused-ring (bicyclic) bond motifs is 1. The average molecular weight is 575 g/mol. The zero-order valence-corrected chi connectivity index (χ0v) is 25.1. The van der Waals surface area contributed by atoms with Crippen LogP contribution in [-0.2, 0) is 17.8 Å². The molecule has 4 aromatic rings. The van der Waals surface area contributed by atoms with Gasteiger partial charge in [0.2, 0.25) is 0 Å². The SMILES string of the molecule is CNCc1ccc(-c2ccnc3c2c(N2CC[C@@H](N(C)C(=O)OC(C)(C)C)C2)nn3Cc2ccc(OC)cc2)cc1F. The molecule has 9 nitrogen and oxygen atoms in total. The summed E-state index contributed by atoms with van der Waals surface area (Å²) < 4.78 is 27.9. The molecule has 1 aliphatic heterocycles. The summed E-state index contributed by atoms with van der Waals surface area (Å²) in [5, 5.41) is 8.94. The molecule has 0 aliphatic carbocycles. The molecule has 1 fully saturated rings. The van der Waals surface area contributed by atoms with E-state index < -0.39 is 5.60 Å². The Labute approximate surface area is 246 Å². The third-order valence-electron chi connectivity index (χ3n) is 7.53. The molecule has 1 saturated heterocycles. The maximum atomic E-state index is 15.1. The molecule has 3 heterocycles. The van der Waals surface area contributed by atoms with Crippen molar-refractivity contribution in [3.05, 3.63) is 71.7 Å². The second-order valence-corrected chi connectivity index (χ2v) is 11.7. The van der Waals surface area contributed by atoms with E-state index in [1.54, 1.807) is 38.4 Å². The van der Waals surface area contributed by atoms with E-state index in [2.05, 4.69) is 10.2 Å². The lowest BCUT2D eigenvalue weighted by Gasteiger charge is -2.28. The Bertz CT molecular complexity index is 1560. The van der Waals surface area contributed by atoms with Crippen LogP contribution in [0.3, 0.4) is 0 Å². The van der Waals surface area contributed by atoms with E-state index >= 15 is 4.39 Å². The van der Waals surface area contributed by atoms with E-state index in [4.69, 9.17) is 19.6 Å². The van der Waals surface area contributed by atoms with Crippen molar-refractivity contribution in [3.63, 3.8) is 0 Å². The number of carbonyl (C=O) groups is 1. The molecule has 10 heteroatoms. The van der Waals surface area contributed by atoms with Gasteiger partial charge in [-0.2, -0.15) is 5.10 Å². The van der Waals surface area contributed by atoms with Gasteiger partial charge in [0.05, 0.1) is 25.1 Å². The highest BCUT2D eigenvalue weighted by atomic mass is 19.1. The van der Waals surface area contributed by atoms with Crippen molar-refractivity contribution in [1.29, 1.82) is 0 Å². The maximum absolute atomic E-state index is 15.1. The lowest BCUT2D eigenvalue weighted by molar-refractivity contribution is 0.0238. The average Bonchev–Trinajstić information content (AvgIpc) is 3.59. The van der Waals surface area contributed by atoms with Gasteiger partial charge in [-0.3, -0.25) is 0 Å². The summed E-state index contributed by atoms with van der Waals surface area (Å²) in [6.45, 7) is 7.84. The van der Waals surface area contributed by atoms with Crippen LogP contribution in [0.2, 0.25) is 0 Å². The molecule has 1 N–H and O–H groups in total. The van der Waals surface area contributed by atoms with Crippen molar-refractivity contribution in [3.8, 4) is 16.9 Å². The summed E-state index contributed by atoms with van der Waals surface area (Å²) >= 11 is 0. The number of carbonyl (C=O) groups excluding carboxylic acids is 1. The minimum Gasteiger partial charge on any atom is -0.497 e. The quantitative estimate of drug-likeness (QED) is 0.299. The van der Waals surface area contributed by atoms with Crippen molar-refractivity contribution in [2.75, 3.05) is 39.2 Å². The van der Waals surface area contributed by atoms with Crippen LogP contribution >= 0.6 is 0 Å². The molecule has 2 aromatic heterocycles. The molecule has 0 radical (unpaired) electrons. The van der Waals surface area contributed by atoms with Gasteiger partial charge in [0.1, 0.15) is 17.2 Å². The fourth-order valence-corrected chi connectivity index (χ4v) is 5.34. The first-order valence-electron chi connectivity index (χ1n) is 14.2. The fourth-order valence-electron chi connectivity index (χ4n) is 5.34. The Morgan fingerprint density at radius 1 is 1.17 bits per heavy atom. The first kappa shape index (κ1) is 29.3. The van der Waals surface area contributed by atoms with Crippen molar-refractivity contribution in [2.24, 2.45) is 0 Å². The zero-order chi connectivity index (χ0) is 30.0. The van der Waals surface area contributed by atoms with Gasteiger partial charge in [0, 0.05) is 38.4 Å². The number of rotatable bonds is 8. The Morgan fingerprint density at radius 3 is 2.60 bits per heavy atom. The van der Waals surface area contributed by atoms with Gasteiger partial charge in [0.25, 0.3) is 0 Å². The Morgan fingerprint density at radius 2 is 1.93 bits per heavy atom. The Kier molecular flexibility index (Phi) is 8.36. The van der Waals surface area contributed by atoms with E-state index in [0.29, 0.717) is 37.4 Å². The fraction of sp³-hybridized carbons (Fsp3) is 0.406. The van der Waals surface area contributed by atoms with Crippen LogP contribution < -0.4 is 15.0 Å². The van der Waals surface area contributed by atoms with Crippen LogP contribution in [0.1, 0.15) is 38.3 Å². The van der Waals surface area contributed by atoms with Gasteiger partial charge in [-0.1, -0.05) is 24.3 Å². The third-order valence-corrected chi connectivity index (χ3v) is 7.53. The van der Waals surface area contributed by atoms with E-state index in [1.165, 1.54) is 0 Å². The van der Waals surface area contributed by atoms with Crippen molar-refractivity contribution in [1.82, 2.24) is 25.0 Å². The molecule has 42 heavy (non-hydrogen) atoms. The zero-order valence-electron chi connectivity index (χ0n) is 25.1. The van der Waals surface area contributed by atoms with Crippen molar-refractivity contribution < 1.29 is 18.7 Å². The Hall–Kier alpha value is -4.18. The minimum absolute atomic E-state index is 0.0416. The van der Waals surface area contributed by atoms with Crippen LogP contribution in [-0.4, -0.2) is 71.7 Å². The highest BCUT2D eigenvalue weighted by Gasteiger charge is 2.33. The number of hydrogen-bond donors (Lipinski definition) is 1. The highest BCUT2D eigenvalue weighted by molar-refractivity contribution is 6.01. The van der Waals surface area contributed by atoms with Gasteiger partial charge in [0.15, 0.2) is 11.5 Å². The number of amides is 1. The van der Waals surface area contributed by atoms with E-state index in [0.717, 1.165) is 40.1 Å². The molecular weight excluding hydrogens is 535 g/mol. The van der Waals surface area contributed by atoms with Gasteiger partial charge in [-0.05, 0) is 75.2 Å². The van der Waals surface area contributed by atoms with Crippen LogP contribution in [0.4, 0.5) is 15.0 Å². The van der Waals surface area contributed by atoms with Gasteiger partial charge in [-0.15, -0.1) is 0 Å². The van der Waals surface area contributed by atoms with Gasteiger partial charge >= 0.3 is 6.09 Å². The second-order valence-electron chi connectivity index (χ2n) is 11.7. The first-order chi connectivity index (χ1) is 20.1. The molecule has 1 aliphatic rings. The summed E-state index contributed by atoms with van der Waals surface area (Å²) in [4.78, 5) is 21.4. The first-order valence-corrected chi connectivity index (χ1v) is 14.2. The summed E-state index contributed by atoms with van der Waals surface area (Å²) in [6, 6.07) is 15.1. The molecule has 0 saturated carbocycles. The molecule has 1 atom stereocenters. The summed E-state index contributed by atoms with van der Waals surface area (Å²) in [5.74, 6) is 1.28. The molecule has 0 unspecified atom stereocenters. The standard InChI is InChI=1S/C32H39FN6O3/c1-32(2,3)42-31(40)37(5)24-14-16-38(20-24)30-28-26(22-9-10-23(18-34-4)27(33)17-22)13-15-35-29(28)39(36-30)19-21-7-11-25(41-6)12-8-21/h7-13,15,17,24,34H,14,16,18-20H2,1-6H3/t24-/m1/s1. The molecule has 5 rings (SSSR count). The summed E-state index contributed by atoms with van der Waals surface area (Å²) in [5.41, 5.74) is 3.40. The molecule has 2 aromatic carbocycles. The molecular formula is C32H39FN6O3. The van der Waals surface area contributed by atoms with E-state index in [1.807, 2.05) is 67.9 Å². The monoisotopic (exact) mass is 574 g/mol. The summed E-state index contributed by atoms with van der Waals surface area (Å²) in [7, 11) is 5.23. The van der Waals surface area contributed by atoms with Crippen LogP contribution in [0.25, 0.3) is 22.2 Å². The number of likely N-dealkylation sites (N-methyl/N-ethyl adjacent to an activating group) is 1. The van der Waals surface area contributed by atoms with E-state index in [9.17, 15) is 4.79 Å². The number of hydrogen-bond acceptors (Lipinski definition) is 7. The number of methoxy groups -OCH3 is 1. The van der Waals surface area contributed by atoms with Crippen LogP contribution in [0, 0.1) is 5.82 Å². The molecule has 222 valence electrons. The van der Waals surface area contributed by atoms with Crippen LogP contribution in [0.15, 0.2) is 54.7 Å². The topological polar surface area (TPSA) is 84.8 Å². The normalized spacial score (nSPS) is 15.3. The van der Waals surface area contributed by atoms with E-state index in [-0.39, 0.29) is 18.0 Å². The number of anilines is 1. The maximum Gasteiger partial charge on any atom is 0.410 e. The predicted molar refractivity (Wildman–Crippen MR) is 162 cm³/mol. The van der Waals surface area contributed by atoms with Crippen LogP contribution in [0.5, 0.6) is 5.75 Å². The predicted octanol–water partition coefficient (Wildman–Crippen LogP) is 5.46. The number of nitrogens with zero attached hydrogens (tertiary/aromatic N) is 5. The number of ether oxygens (including phenoxy) is 2. The largest absolute Gasteiger partial charge is 0.497 e. The lowest BCUT2D eigenvalue weighted by atomic mass is 10.0.